The first-order valence-corrected chi connectivity index (χ1v) is 4.73. The molecule has 0 aromatic rings. The van der Waals surface area contributed by atoms with Crippen LogP contribution in [0.25, 0.3) is 0 Å². The third kappa shape index (κ3) is 1.58. The van der Waals surface area contributed by atoms with Crippen molar-refractivity contribution in [3.05, 3.63) is 0 Å². The zero-order valence-corrected chi connectivity index (χ0v) is 8.65. The van der Waals surface area contributed by atoms with Gasteiger partial charge < -0.3 is 4.48 Å². The lowest BCUT2D eigenvalue weighted by molar-refractivity contribution is -0.899. The Morgan fingerprint density at radius 1 is 1.45 bits per heavy atom. The van der Waals surface area contributed by atoms with Crippen LogP contribution in [0.3, 0.4) is 0 Å². The Kier molecular flexibility index (Phi) is 2.04. The van der Waals surface area contributed by atoms with Crippen molar-refractivity contribution in [1.82, 2.24) is 0 Å². The first kappa shape index (κ1) is 9.05. The average molecular weight is 156 g/mol. The van der Waals surface area contributed by atoms with E-state index >= 15 is 0 Å². The second-order valence-corrected chi connectivity index (χ2v) is 5.17. The Morgan fingerprint density at radius 3 is 2.18 bits per heavy atom. The third-order valence-corrected chi connectivity index (χ3v) is 3.60. The largest absolute Gasteiger partial charge is 0.326 e. The van der Waals surface area contributed by atoms with Crippen molar-refractivity contribution in [1.29, 1.82) is 0 Å². The fraction of sp³-hybridized carbons (Fsp3) is 1.00. The smallest absolute Gasteiger partial charge is 0.0841 e. The molecule has 11 heavy (non-hydrogen) atoms. The molecule has 2 unspecified atom stereocenters. The van der Waals surface area contributed by atoms with E-state index in [1.807, 2.05) is 0 Å². The van der Waals surface area contributed by atoms with E-state index in [1.54, 1.807) is 0 Å². The average Bonchev–Trinajstić information content (AvgIpc) is 2.04. The van der Waals surface area contributed by atoms with Gasteiger partial charge in [0.2, 0.25) is 0 Å². The van der Waals surface area contributed by atoms with E-state index in [1.165, 1.54) is 24.1 Å². The number of nitrogens with zero attached hydrogens (tertiary/aromatic N) is 1. The van der Waals surface area contributed by atoms with E-state index in [4.69, 9.17) is 0 Å². The minimum absolute atomic E-state index is 0.560. The molecule has 1 fully saturated rings. The molecule has 1 heteroatoms. The first-order valence-electron chi connectivity index (χ1n) is 4.73. The Hall–Kier alpha value is -0.0400. The second kappa shape index (κ2) is 2.48. The molecule has 1 nitrogen and oxygen atoms in total. The third-order valence-electron chi connectivity index (χ3n) is 3.60. The zero-order chi connectivity index (χ0) is 8.70. The van der Waals surface area contributed by atoms with Crippen molar-refractivity contribution in [2.45, 2.75) is 27.7 Å². The van der Waals surface area contributed by atoms with Crippen LogP contribution < -0.4 is 0 Å². The van der Waals surface area contributed by atoms with Gasteiger partial charge in [0, 0.05) is 11.3 Å². The van der Waals surface area contributed by atoms with Crippen molar-refractivity contribution >= 4 is 0 Å². The molecule has 0 spiro atoms. The van der Waals surface area contributed by atoms with Gasteiger partial charge >= 0.3 is 0 Å². The summed E-state index contributed by atoms with van der Waals surface area (Å²) < 4.78 is 1.27. The van der Waals surface area contributed by atoms with E-state index in [0.29, 0.717) is 5.41 Å². The highest BCUT2D eigenvalue weighted by Crippen LogP contribution is 2.37. The molecular formula is C10H22N+. The summed E-state index contributed by atoms with van der Waals surface area (Å²) >= 11 is 0. The SMILES string of the molecule is CC[N+]1(C)CC(C)C(C)(C)C1. The van der Waals surface area contributed by atoms with Crippen LogP contribution in [0.1, 0.15) is 27.7 Å². The minimum Gasteiger partial charge on any atom is -0.326 e. The maximum absolute atomic E-state index is 2.40. The molecule has 0 bridgehead atoms. The minimum atomic E-state index is 0.560. The summed E-state index contributed by atoms with van der Waals surface area (Å²) in [5.74, 6) is 0.882. The van der Waals surface area contributed by atoms with Gasteiger partial charge in [-0.15, -0.1) is 0 Å². The van der Waals surface area contributed by atoms with Gasteiger partial charge in [-0.2, -0.15) is 0 Å². The maximum Gasteiger partial charge on any atom is 0.0841 e. The van der Waals surface area contributed by atoms with E-state index in [0.717, 1.165) is 5.92 Å². The Bertz CT molecular complexity index is 151. The van der Waals surface area contributed by atoms with Crippen LogP contribution in [0.5, 0.6) is 0 Å². The number of hydrogen-bond donors (Lipinski definition) is 0. The van der Waals surface area contributed by atoms with Gasteiger partial charge in [-0.05, 0) is 6.92 Å². The van der Waals surface area contributed by atoms with Crippen molar-refractivity contribution in [2.24, 2.45) is 11.3 Å². The summed E-state index contributed by atoms with van der Waals surface area (Å²) in [4.78, 5) is 0. The number of quaternary nitrogens is 1. The summed E-state index contributed by atoms with van der Waals surface area (Å²) in [5.41, 5.74) is 0.560. The van der Waals surface area contributed by atoms with Gasteiger partial charge in [0.25, 0.3) is 0 Å². The number of rotatable bonds is 1. The highest BCUT2D eigenvalue weighted by molar-refractivity contribution is 4.80. The highest BCUT2D eigenvalue weighted by atomic mass is 15.4. The molecular weight excluding hydrogens is 134 g/mol. The Balaban J connectivity index is 2.71. The molecule has 0 aromatic heterocycles. The molecule has 1 rings (SSSR count). The number of hydrogen-bond acceptors (Lipinski definition) is 0. The van der Waals surface area contributed by atoms with Crippen molar-refractivity contribution < 1.29 is 4.48 Å². The van der Waals surface area contributed by atoms with Gasteiger partial charge in [0.15, 0.2) is 0 Å². The summed E-state index contributed by atoms with van der Waals surface area (Å²) in [6, 6.07) is 0. The number of likely N-dealkylation sites (tertiary alicyclic amines) is 1. The van der Waals surface area contributed by atoms with Crippen molar-refractivity contribution in [3.8, 4) is 0 Å². The lowest BCUT2D eigenvalue weighted by Gasteiger charge is -2.29. The summed E-state index contributed by atoms with van der Waals surface area (Å²) in [5, 5.41) is 0. The molecule has 1 aliphatic heterocycles. The standard InChI is InChI=1S/C10H22N/c1-6-11(5)7-9(2)10(3,4)8-11/h9H,6-8H2,1-5H3/q+1. The molecule has 1 heterocycles. The molecule has 1 saturated heterocycles. The maximum atomic E-state index is 2.40. The van der Waals surface area contributed by atoms with Crippen LogP contribution in [-0.4, -0.2) is 31.2 Å². The van der Waals surface area contributed by atoms with Crippen LogP contribution in [0.2, 0.25) is 0 Å². The molecule has 66 valence electrons. The fourth-order valence-electron chi connectivity index (χ4n) is 2.35. The Morgan fingerprint density at radius 2 is 2.00 bits per heavy atom. The van der Waals surface area contributed by atoms with Crippen LogP contribution in [0, 0.1) is 11.3 Å². The summed E-state index contributed by atoms with van der Waals surface area (Å²) in [6.45, 7) is 13.5. The lowest BCUT2D eigenvalue weighted by Crippen LogP contribution is -2.42. The van der Waals surface area contributed by atoms with E-state index in [2.05, 4.69) is 34.7 Å². The quantitative estimate of drug-likeness (QED) is 0.510. The van der Waals surface area contributed by atoms with Crippen LogP contribution in [-0.2, 0) is 0 Å². The van der Waals surface area contributed by atoms with Gasteiger partial charge in [-0.25, -0.2) is 0 Å². The topological polar surface area (TPSA) is 0 Å². The van der Waals surface area contributed by atoms with Crippen molar-refractivity contribution in [3.63, 3.8) is 0 Å². The van der Waals surface area contributed by atoms with Gasteiger partial charge in [0.1, 0.15) is 0 Å². The second-order valence-electron chi connectivity index (χ2n) is 5.17. The molecule has 0 aromatic carbocycles. The molecule has 0 saturated carbocycles. The molecule has 0 aliphatic carbocycles. The summed E-state index contributed by atoms with van der Waals surface area (Å²) in [6.07, 6.45) is 0. The molecule has 1 aliphatic rings. The molecule has 0 amide bonds. The highest BCUT2D eigenvalue weighted by Gasteiger charge is 2.44. The molecule has 0 N–H and O–H groups in total. The van der Waals surface area contributed by atoms with E-state index in [-0.39, 0.29) is 0 Å². The predicted octanol–water partition coefficient (Wildman–Crippen LogP) is 2.13. The van der Waals surface area contributed by atoms with Crippen LogP contribution in [0.15, 0.2) is 0 Å². The van der Waals surface area contributed by atoms with Crippen LogP contribution >= 0.6 is 0 Å². The summed E-state index contributed by atoms with van der Waals surface area (Å²) in [7, 11) is 2.38. The van der Waals surface area contributed by atoms with Gasteiger partial charge in [0.05, 0.1) is 26.7 Å². The van der Waals surface area contributed by atoms with Gasteiger partial charge in [-0.1, -0.05) is 20.8 Å². The molecule has 2 atom stereocenters. The fourth-order valence-corrected chi connectivity index (χ4v) is 2.35. The normalized spacial score (nSPS) is 42.8. The predicted molar refractivity (Wildman–Crippen MR) is 49.4 cm³/mol. The van der Waals surface area contributed by atoms with E-state index in [9.17, 15) is 0 Å². The molecule has 0 radical (unpaired) electrons. The van der Waals surface area contributed by atoms with Crippen LogP contribution in [0.4, 0.5) is 0 Å². The monoisotopic (exact) mass is 156 g/mol. The zero-order valence-electron chi connectivity index (χ0n) is 8.65. The first-order chi connectivity index (χ1) is 4.90. The van der Waals surface area contributed by atoms with Gasteiger partial charge in [-0.3, -0.25) is 0 Å². The Labute approximate surface area is 71.0 Å². The van der Waals surface area contributed by atoms with Crippen molar-refractivity contribution in [2.75, 3.05) is 26.7 Å². The lowest BCUT2D eigenvalue weighted by atomic mass is 9.84. The van der Waals surface area contributed by atoms with E-state index < -0.39 is 0 Å².